The van der Waals surface area contributed by atoms with Gasteiger partial charge in [-0.15, -0.1) is 0 Å². The van der Waals surface area contributed by atoms with Crippen LogP contribution in [0.1, 0.15) is 13.3 Å². The Hall–Kier alpha value is -1.55. The summed E-state index contributed by atoms with van der Waals surface area (Å²) in [6.45, 7) is 5.18. The zero-order valence-electron chi connectivity index (χ0n) is 11.7. The number of nitrogens with two attached hydrogens (primary N) is 1. The first kappa shape index (κ1) is 12.5. The molecule has 1 saturated heterocycles. The van der Waals surface area contributed by atoms with E-state index in [1.54, 1.807) is 0 Å². The van der Waals surface area contributed by atoms with Crippen LogP contribution in [0.3, 0.4) is 0 Å². The summed E-state index contributed by atoms with van der Waals surface area (Å²) in [5.41, 5.74) is 8.16. The molecule has 4 heteroatoms. The van der Waals surface area contributed by atoms with E-state index in [0.717, 1.165) is 37.0 Å². The van der Waals surface area contributed by atoms with Gasteiger partial charge in [-0.2, -0.15) is 0 Å². The van der Waals surface area contributed by atoms with E-state index in [0.29, 0.717) is 5.92 Å². The maximum Gasteiger partial charge on any atom is 0.206 e. The van der Waals surface area contributed by atoms with Gasteiger partial charge in [-0.1, -0.05) is 19.1 Å². The Morgan fingerprint density at radius 3 is 2.89 bits per heavy atom. The Morgan fingerprint density at radius 2 is 2.16 bits per heavy atom. The van der Waals surface area contributed by atoms with E-state index in [9.17, 15) is 0 Å². The van der Waals surface area contributed by atoms with E-state index in [-0.39, 0.29) is 0 Å². The SMILES string of the molecule is CC1CCN(c2nc3ccccc3n2C)CC1CN. The van der Waals surface area contributed by atoms with Crippen LogP contribution in [0.15, 0.2) is 24.3 Å². The second-order valence-electron chi connectivity index (χ2n) is 5.67. The van der Waals surface area contributed by atoms with Crippen molar-refractivity contribution in [3.05, 3.63) is 24.3 Å². The molecule has 2 N–H and O–H groups in total. The molecule has 0 amide bonds. The van der Waals surface area contributed by atoms with Crippen molar-refractivity contribution in [2.45, 2.75) is 13.3 Å². The van der Waals surface area contributed by atoms with Gasteiger partial charge in [0, 0.05) is 20.1 Å². The number of anilines is 1. The number of nitrogens with zero attached hydrogens (tertiary/aromatic N) is 3. The zero-order chi connectivity index (χ0) is 13.4. The van der Waals surface area contributed by atoms with Crippen molar-refractivity contribution in [3.63, 3.8) is 0 Å². The third kappa shape index (κ3) is 2.10. The monoisotopic (exact) mass is 258 g/mol. The van der Waals surface area contributed by atoms with Gasteiger partial charge in [0.1, 0.15) is 0 Å². The highest BCUT2D eigenvalue weighted by molar-refractivity contribution is 5.78. The van der Waals surface area contributed by atoms with Crippen molar-refractivity contribution < 1.29 is 0 Å². The fraction of sp³-hybridized carbons (Fsp3) is 0.533. The van der Waals surface area contributed by atoms with Crippen molar-refractivity contribution in [2.24, 2.45) is 24.6 Å². The molecule has 1 aliphatic rings. The Kier molecular flexibility index (Phi) is 3.19. The molecule has 3 rings (SSSR count). The van der Waals surface area contributed by atoms with Gasteiger partial charge in [0.05, 0.1) is 11.0 Å². The molecule has 1 aliphatic heterocycles. The Morgan fingerprint density at radius 1 is 1.37 bits per heavy atom. The molecule has 0 bridgehead atoms. The van der Waals surface area contributed by atoms with Gasteiger partial charge >= 0.3 is 0 Å². The first-order chi connectivity index (χ1) is 9.20. The third-order valence-corrected chi connectivity index (χ3v) is 4.46. The van der Waals surface area contributed by atoms with Crippen LogP contribution >= 0.6 is 0 Å². The quantitative estimate of drug-likeness (QED) is 0.896. The summed E-state index contributed by atoms with van der Waals surface area (Å²) < 4.78 is 2.19. The summed E-state index contributed by atoms with van der Waals surface area (Å²) in [4.78, 5) is 7.16. The highest BCUT2D eigenvalue weighted by Gasteiger charge is 2.27. The molecule has 2 heterocycles. The molecule has 0 aliphatic carbocycles. The van der Waals surface area contributed by atoms with Crippen molar-refractivity contribution in [3.8, 4) is 0 Å². The third-order valence-electron chi connectivity index (χ3n) is 4.46. The van der Waals surface area contributed by atoms with Crippen molar-refractivity contribution in [1.82, 2.24) is 9.55 Å². The highest BCUT2D eigenvalue weighted by atomic mass is 15.3. The molecular formula is C15H22N4. The number of piperidine rings is 1. The normalized spacial score (nSPS) is 24.1. The van der Waals surface area contributed by atoms with Crippen LogP contribution in [0.2, 0.25) is 0 Å². The van der Waals surface area contributed by atoms with E-state index in [4.69, 9.17) is 10.7 Å². The van der Waals surface area contributed by atoms with Gasteiger partial charge in [0.25, 0.3) is 0 Å². The Labute approximate surface area is 114 Å². The lowest BCUT2D eigenvalue weighted by atomic mass is 9.87. The average molecular weight is 258 g/mol. The van der Waals surface area contributed by atoms with E-state index >= 15 is 0 Å². The van der Waals surface area contributed by atoms with Crippen molar-refractivity contribution in [2.75, 3.05) is 24.5 Å². The number of hydrogen-bond donors (Lipinski definition) is 1. The number of hydrogen-bond acceptors (Lipinski definition) is 3. The predicted molar refractivity (Wildman–Crippen MR) is 79.3 cm³/mol. The predicted octanol–water partition coefficient (Wildman–Crippen LogP) is 1.99. The first-order valence-corrected chi connectivity index (χ1v) is 7.07. The van der Waals surface area contributed by atoms with E-state index in [1.807, 2.05) is 6.07 Å². The van der Waals surface area contributed by atoms with Crippen LogP contribution in [-0.2, 0) is 7.05 Å². The smallest absolute Gasteiger partial charge is 0.206 e. The molecule has 0 spiro atoms. The minimum Gasteiger partial charge on any atom is -0.342 e. The van der Waals surface area contributed by atoms with Gasteiger partial charge in [-0.25, -0.2) is 4.98 Å². The molecule has 0 saturated carbocycles. The lowest BCUT2D eigenvalue weighted by Gasteiger charge is -2.37. The number of aromatic nitrogens is 2. The molecule has 4 nitrogen and oxygen atoms in total. The number of imidazole rings is 1. The fourth-order valence-electron chi connectivity index (χ4n) is 3.05. The first-order valence-electron chi connectivity index (χ1n) is 7.07. The number of fused-ring (bicyclic) bond motifs is 1. The fourth-order valence-corrected chi connectivity index (χ4v) is 3.05. The van der Waals surface area contributed by atoms with Gasteiger partial charge in [-0.3, -0.25) is 0 Å². The van der Waals surface area contributed by atoms with E-state index < -0.39 is 0 Å². The molecule has 102 valence electrons. The second kappa shape index (κ2) is 4.85. The molecule has 0 radical (unpaired) electrons. The van der Waals surface area contributed by atoms with Crippen molar-refractivity contribution in [1.29, 1.82) is 0 Å². The standard InChI is InChI=1S/C15H22N4/c1-11-7-8-19(10-12(11)9-16)15-17-13-5-3-4-6-14(13)18(15)2/h3-6,11-12H,7-10,16H2,1-2H3. The Balaban J connectivity index is 1.94. The summed E-state index contributed by atoms with van der Waals surface area (Å²) >= 11 is 0. The molecule has 1 aromatic heterocycles. The lowest BCUT2D eigenvalue weighted by molar-refractivity contribution is 0.305. The van der Waals surface area contributed by atoms with Gasteiger partial charge in [-0.05, 0) is 36.9 Å². The van der Waals surface area contributed by atoms with Crippen molar-refractivity contribution >= 4 is 17.0 Å². The topological polar surface area (TPSA) is 47.1 Å². The van der Waals surface area contributed by atoms with Gasteiger partial charge in [0.2, 0.25) is 5.95 Å². The number of para-hydroxylation sites is 2. The maximum absolute atomic E-state index is 5.89. The largest absolute Gasteiger partial charge is 0.342 e. The average Bonchev–Trinajstić information content (AvgIpc) is 2.77. The molecule has 1 aromatic carbocycles. The van der Waals surface area contributed by atoms with E-state index in [1.165, 1.54) is 11.9 Å². The number of aryl methyl sites for hydroxylation is 1. The summed E-state index contributed by atoms with van der Waals surface area (Å²) in [7, 11) is 2.10. The molecule has 19 heavy (non-hydrogen) atoms. The molecule has 2 atom stereocenters. The van der Waals surface area contributed by atoms with Crippen LogP contribution in [0, 0.1) is 11.8 Å². The van der Waals surface area contributed by atoms with E-state index in [2.05, 4.69) is 41.6 Å². The maximum atomic E-state index is 5.89. The molecule has 1 fully saturated rings. The lowest BCUT2D eigenvalue weighted by Crippen LogP contribution is -2.43. The second-order valence-corrected chi connectivity index (χ2v) is 5.67. The minimum atomic E-state index is 0.577. The summed E-state index contributed by atoms with van der Waals surface area (Å²) in [5.74, 6) is 2.37. The summed E-state index contributed by atoms with van der Waals surface area (Å²) in [5, 5.41) is 0. The molecule has 2 aromatic rings. The van der Waals surface area contributed by atoms with Crippen LogP contribution in [0.25, 0.3) is 11.0 Å². The minimum absolute atomic E-state index is 0.577. The summed E-state index contributed by atoms with van der Waals surface area (Å²) in [6, 6.07) is 8.31. The van der Waals surface area contributed by atoms with Gasteiger partial charge in [0.15, 0.2) is 0 Å². The van der Waals surface area contributed by atoms with Crippen LogP contribution in [0.5, 0.6) is 0 Å². The van der Waals surface area contributed by atoms with Crippen LogP contribution in [0.4, 0.5) is 5.95 Å². The Bertz CT molecular complexity index is 575. The highest BCUT2D eigenvalue weighted by Crippen LogP contribution is 2.28. The van der Waals surface area contributed by atoms with Gasteiger partial charge < -0.3 is 15.2 Å². The summed E-state index contributed by atoms with van der Waals surface area (Å²) in [6.07, 6.45) is 1.20. The van der Waals surface area contributed by atoms with Crippen LogP contribution < -0.4 is 10.6 Å². The zero-order valence-corrected chi connectivity index (χ0v) is 11.7. The number of rotatable bonds is 2. The van der Waals surface area contributed by atoms with Crippen LogP contribution in [-0.4, -0.2) is 29.2 Å². The molecule has 2 unspecified atom stereocenters. The molecular weight excluding hydrogens is 236 g/mol. The number of benzene rings is 1.